The Balaban J connectivity index is 1.73. The van der Waals surface area contributed by atoms with Gasteiger partial charge in [0.05, 0.1) is 13.0 Å². The van der Waals surface area contributed by atoms with Crippen molar-refractivity contribution >= 4 is 17.8 Å². The highest BCUT2D eigenvalue weighted by Gasteiger charge is 2.36. The number of methoxy groups -OCH3 is 1. The fourth-order valence-electron chi connectivity index (χ4n) is 3.76. The van der Waals surface area contributed by atoms with Gasteiger partial charge in [0.1, 0.15) is 0 Å². The quantitative estimate of drug-likeness (QED) is 0.440. The van der Waals surface area contributed by atoms with E-state index in [-0.39, 0.29) is 23.7 Å². The molecule has 2 N–H and O–H groups in total. The molecule has 2 atom stereocenters. The zero-order chi connectivity index (χ0) is 18.2. The normalized spacial score (nSPS) is 24.9. The van der Waals surface area contributed by atoms with Crippen molar-refractivity contribution in [3.63, 3.8) is 0 Å². The molecule has 1 amide bonds. The maximum atomic E-state index is 12.1. The molecule has 0 bridgehead atoms. The first kappa shape index (κ1) is 19.5. The summed E-state index contributed by atoms with van der Waals surface area (Å²) in [5.74, 6) is 0.761. The number of amides is 1. The fraction of sp³-hybridized carbons (Fsp3) is 0.833. The Hall–Kier alpha value is -1.79. The molecule has 25 heavy (non-hydrogen) atoms. The lowest BCUT2D eigenvalue weighted by molar-refractivity contribution is -0.146. The molecule has 2 rings (SSSR count). The third kappa shape index (κ3) is 5.61. The zero-order valence-electron chi connectivity index (χ0n) is 15.7. The average Bonchev–Trinajstić information content (AvgIpc) is 3.00. The summed E-state index contributed by atoms with van der Waals surface area (Å²) in [7, 11) is 3.15. The van der Waals surface area contributed by atoms with Crippen LogP contribution in [0.3, 0.4) is 0 Å². The van der Waals surface area contributed by atoms with Gasteiger partial charge in [0.15, 0.2) is 5.96 Å². The van der Waals surface area contributed by atoms with Gasteiger partial charge in [-0.25, -0.2) is 0 Å². The molecule has 142 valence electrons. The lowest BCUT2D eigenvalue weighted by atomic mass is 9.95. The number of rotatable bonds is 5. The van der Waals surface area contributed by atoms with Crippen LogP contribution in [0.25, 0.3) is 0 Å². The smallest absolute Gasteiger partial charge is 0.310 e. The second-order valence-electron chi connectivity index (χ2n) is 7.14. The first-order valence-electron chi connectivity index (χ1n) is 9.38. The van der Waals surface area contributed by atoms with Crippen molar-refractivity contribution in [2.24, 2.45) is 16.8 Å². The van der Waals surface area contributed by atoms with E-state index in [2.05, 4.69) is 20.5 Å². The lowest BCUT2D eigenvalue weighted by Gasteiger charge is -2.23. The molecule has 1 aliphatic heterocycles. The van der Waals surface area contributed by atoms with Crippen molar-refractivity contribution in [2.45, 2.75) is 51.5 Å². The number of aliphatic imine (C=N–C) groups is 1. The first-order valence-corrected chi connectivity index (χ1v) is 9.38. The van der Waals surface area contributed by atoms with Crippen LogP contribution in [0.2, 0.25) is 0 Å². The molecule has 0 aromatic rings. The summed E-state index contributed by atoms with van der Waals surface area (Å²) in [5, 5.41) is 6.36. The molecule has 1 saturated carbocycles. The monoisotopic (exact) mass is 352 g/mol. The molecule has 0 aromatic heterocycles. The Labute approximate surface area is 150 Å². The molecule has 1 saturated heterocycles. The molecule has 7 nitrogen and oxygen atoms in total. The van der Waals surface area contributed by atoms with E-state index in [0.29, 0.717) is 25.6 Å². The van der Waals surface area contributed by atoms with Gasteiger partial charge in [0, 0.05) is 39.1 Å². The molecule has 1 aliphatic carbocycles. The Bertz CT molecular complexity index is 489. The maximum absolute atomic E-state index is 12.1. The van der Waals surface area contributed by atoms with Crippen molar-refractivity contribution in [1.82, 2.24) is 15.5 Å². The fourth-order valence-corrected chi connectivity index (χ4v) is 3.76. The Morgan fingerprint density at radius 1 is 1.20 bits per heavy atom. The molecule has 7 heteroatoms. The van der Waals surface area contributed by atoms with Crippen LogP contribution in [0.4, 0.5) is 0 Å². The number of guanidine groups is 1. The number of hydrogen-bond donors (Lipinski definition) is 2. The summed E-state index contributed by atoms with van der Waals surface area (Å²) in [5.41, 5.74) is 0. The molecular formula is C18H32N4O3. The number of esters is 1. The Morgan fingerprint density at radius 2 is 1.92 bits per heavy atom. The number of nitrogens with one attached hydrogen (secondary N) is 2. The van der Waals surface area contributed by atoms with E-state index in [1.54, 1.807) is 7.05 Å². The molecule has 2 fully saturated rings. The molecular weight excluding hydrogens is 320 g/mol. The zero-order valence-corrected chi connectivity index (χ0v) is 15.7. The third-order valence-electron chi connectivity index (χ3n) is 5.23. The van der Waals surface area contributed by atoms with Gasteiger partial charge < -0.3 is 20.3 Å². The Kier molecular flexibility index (Phi) is 7.52. The van der Waals surface area contributed by atoms with Crippen LogP contribution in [0.15, 0.2) is 4.99 Å². The topological polar surface area (TPSA) is 83.0 Å². The predicted molar refractivity (Wildman–Crippen MR) is 97.2 cm³/mol. The van der Waals surface area contributed by atoms with Gasteiger partial charge in [-0.15, -0.1) is 0 Å². The van der Waals surface area contributed by atoms with Gasteiger partial charge in [-0.1, -0.05) is 26.2 Å². The van der Waals surface area contributed by atoms with E-state index in [1.165, 1.54) is 26.4 Å². The van der Waals surface area contributed by atoms with E-state index in [4.69, 9.17) is 4.74 Å². The highest BCUT2D eigenvalue weighted by Crippen LogP contribution is 2.24. The molecule has 1 heterocycles. The van der Waals surface area contributed by atoms with Crippen molar-refractivity contribution in [1.29, 1.82) is 0 Å². The van der Waals surface area contributed by atoms with Crippen LogP contribution >= 0.6 is 0 Å². The van der Waals surface area contributed by atoms with E-state index < -0.39 is 0 Å². The Morgan fingerprint density at radius 3 is 2.56 bits per heavy atom. The van der Waals surface area contributed by atoms with Crippen LogP contribution in [0, 0.1) is 11.8 Å². The minimum atomic E-state index is -0.169. The van der Waals surface area contributed by atoms with E-state index in [1.807, 2.05) is 6.92 Å². The highest BCUT2D eigenvalue weighted by atomic mass is 16.5. The summed E-state index contributed by atoms with van der Waals surface area (Å²) in [4.78, 5) is 30.2. The molecule has 0 radical (unpaired) electrons. The third-order valence-corrected chi connectivity index (χ3v) is 5.23. The largest absolute Gasteiger partial charge is 0.469 e. The summed E-state index contributed by atoms with van der Waals surface area (Å²) < 4.78 is 4.87. The van der Waals surface area contributed by atoms with Gasteiger partial charge in [-0.2, -0.15) is 0 Å². The molecule has 2 aliphatic rings. The number of carbonyl (C=O) groups excluding carboxylic acids is 2. The van der Waals surface area contributed by atoms with Crippen LogP contribution in [-0.2, 0) is 14.3 Å². The molecule has 0 aromatic carbocycles. The van der Waals surface area contributed by atoms with E-state index in [9.17, 15) is 9.59 Å². The van der Waals surface area contributed by atoms with E-state index >= 15 is 0 Å². The summed E-state index contributed by atoms with van der Waals surface area (Å²) in [6.45, 7) is 3.95. The first-order chi connectivity index (χ1) is 12.0. The second kappa shape index (κ2) is 9.63. The van der Waals surface area contributed by atoms with Gasteiger partial charge in [0.25, 0.3) is 0 Å². The maximum Gasteiger partial charge on any atom is 0.310 e. The van der Waals surface area contributed by atoms with Crippen molar-refractivity contribution in [2.75, 3.05) is 33.8 Å². The van der Waals surface area contributed by atoms with Gasteiger partial charge >= 0.3 is 5.97 Å². The minimum absolute atomic E-state index is 0.0945. The average molecular weight is 352 g/mol. The number of ether oxygens (including phenoxy) is 1. The number of carbonyl (C=O) groups is 2. The molecule has 0 spiro atoms. The second-order valence-corrected chi connectivity index (χ2v) is 7.14. The van der Waals surface area contributed by atoms with Gasteiger partial charge in [0.2, 0.25) is 5.91 Å². The summed E-state index contributed by atoms with van der Waals surface area (Å²) >= 11 is 0. The predicted octanol–water partition coefficient (Wildman–Crippen LogP) is 1.14. The van der Waals surface area contributed by atoms with Crippen LogP contribution in [-0.4, -0.2) is 62.6 Å². The van der Waals surface area contributed by atoms with Gasteiger partial charge in [-0.3, -0.25) is 14.6 Å². The van der Waals surface area contributed by atoms with E-state index in [0.717, 1.165) is 25.3 Å². The number of nitrogens with zero attached hydrogens (tertiary/aromatic N) is 2. The van der Waals surface area contributed by atoms with Gasteiger partial charge in [-0.05, 0) is 18.8 Å². The van der Waals surface area contributed by atoms with Crippen LogP contribution in [0.5, 0.6) is 0 Å². The van der Waals surface area contributed by atoms with Crippen LogP contribution < -0.4 is 10.6 Å². The minimum Gasteiger partial charge on any atom is -0.469 e. The summed E-state index contributed by atoms with van der Waals surface area (Å²) in [6, 6.07) is 0.348. The number of likely N-dealkylation sites (tertiary alicyclic amines) is 1. The summed E-state index contributed by atoms with van der Waals surface area (Å²) in [6.07, 6.45) is 6.34. The highest BCUT2D eigenvalue weighted by molar-refractivity contribution is 5.83. The standard InChI is InChI=1S/C18H32N4O3/c1-13-11-22(12-15(13)17(24)25-3)18(19-2)20-10-9-16(23)21-14-7-5-4-6-8-14/h13-15H,4-12H2,1-3H3,(H,19,20)(H,21,23). The lowest BCUT2D eigenvalue weighted by Crippen LogP contribution is -2.43. The SMILES string of the molecule is CN=C(NCCC(=O)NC1CCCCC1)N1CC(C)C(C(=O)OC)C1. The van der Waals surface area contributed by atoms with Crippen molar-refractivity contribution in [3.05, 3.63) is 0 Å². The van der Waals surface area contributed by atoms with Crippen LogP contribution in [0.1, 0.15) is 45.4 Å². The van der Waals surface area contributed by atoms with Crippen molar-refractivity contribution < 1.29 is 14.3 Å². The van der Waals surface area contributed by atoms with Crippen molar-refractivity contribution in [3.8, 4) is 0 Å². The number of hydrogen-bond acceptors (Lipinski definition) is 4. The molecule has 2 unspecified atom stereocenters.